The zero-order valence-electron chi connectivity index (χ0n) is 9.23. The van der Waals surface area contributed by atoms with Crippen LogP contribution in [0.3, 0.4) is 0 Å². The summed E-state index contributed by atoms with van der Waals surface area (Å²) >= 11 is 4.22. The maximum atomic E-state index is 11.7. The van der Waals surface area contributed by atoms with Crippen molar-refractivity contribution in [1.82, 2.24) is 5.32 Å². The highest BCUT2D eigenvalue weighted by Gasteiger charge is 2.16. The highest BCUT2D eigenvalue weighted by atomic mass is 32.1. The summed E-state index contributed by atoms with van der Waals surface area (Å²) in [7, 11) is 0. The van der Waals surface area contributed by atoms with Crippen LogP contribution in [0.15, 0.2) is 30.3 Å². The Morgan fingerprint density at radius 2 is 2.06 bits per heavy atom. The zero-order valence-corrected chi connectivity index (χ0v) is 10.1. The summed E-state index contributed by atoms with van der Waals surface area (Å²) < 4.78 is 0. The van der Waals surface area contributed by atoms with Crippen molar-refractivity contribution in [2.45, 2.75) is 6.42 Å². The molecule has 3 nitrogen and oxygen atoms in total. The number of hydrogen-bond donors (Lipinski definition) is 3. The van der Waals surface area contributed by atoms with Crippen molar-refractivity contribution in [3.05, 3.63) is 35.9 Å². The van der Waals surface area contributed by atoms with E-state index < -0.39 is 0 Å². The fourth-order valence-corrected chi connectivity index (χ4v) is 1.77. The van der Waals surface area contributed by atoms with Crippen LogP contribution in [0.25, 0.3) is 0 Å². The molecule has 0 bridgehead atoms. The van der Waals surface area contributed by atoms with Gasteiger partial charge in [0.1, 0.15) is 0 Å². The Balaban J connectivity index is 2.52. The minimum Gasteiger partial charge on any atom is -0.355 e. The molecular weight excluding hydrogens is 220 g/mol. The predicted octanol–water partition coefficient (Wildman–Crippen LogP) is 0.850. The molecule has 0 radical (unpaired) electrons. The molecule has 0 unspecified atom stereocenters. The Kier molecular flexibility index (Phi) is 5.96. The predicted molar refractivity (Wildman–Crippen MR) is 69.6 cm³/mol. The van der Waals surface area contributed by atoms with E-state index in [-0.39, 0.29) is 11.8 Å². The quantitative estimate of drug-likeness (QED) is 0.644. The van der Waals surface area contributed by atoms with Crippen LogP contribution in [-0.2, 0) is 11.2 Å². The first-order valence-corrected chi connectivity index (χ1v) is 6.03. The van der Waals surface area contributed by atoms with Gasteiger partial charge in [-0.15, -0.1) is 0 Å². The Hall–Kier alpha value is -1.00. The lowest BCUT2D eigenvalue weighted by molar-refractivity contribution is -0.124. The van der Waals surface area contributed by atoms with E-state index in [0.29, 0.717) is 18.8 Å². The number of hydrogen-bond acceptors (Lipinski definition) is 3. The SMILES string of the molecule is NCCNC(=O)[C@@H](CS)Cc1ccccc1. The van der Waals surface area contributed by atoms with Crippen LogP contribution < -0.4 is 11.1 Å². The first-order valence-electron chi connectivity index (χ1n) is 5.40. The van der Waals surface area contributed by atoms with Gasteiger partial charge in [0.15, 0.2) is 0 Å². The number of amides is 1. The standard InChI is InChI=1S/C12H18N2OS/c13-6-7-14-12(15)11(9-16)8-10-4-2-1-3-5-10/h1-5,11,16H,6-9,13H2,(H,14,15)/t11-/m1/s1. The summed E-state index contributed by atoms with van der Waals surface area (Å²) in [6.07, 6.45) is 0.723. The lowest BCUT2D eigenvalue weighted by atomic mass is 10.0. The molecule has 0 saturated heterocycles. The molecule has 0 aliphatic carbocycles. The molecule has 0 fully saturated rings. The molecule has 3 N–H and O–H groups in total. The first kappa shape index (κ1) is 13.1. The summed E-state index contributed by atoms with van der Waals surface area (Å²) in [4.78, 5) is 11.7. The van der Waals surface area contributed by atoms with E-state index in [9.17, 15) is 4.79 Å². The average molecular weight is 238 g/mol. The normalized spacial score (nSPS) is 12.1. The van der Waals surface area contributed by atoms with Crippen molar-refractivity contribution in [1.29, 1.82) is 0 Å². The first-order chi connectivity index (χ1) is 7.77. The minimum atomic E-state index is -0.0858. The highest BCUT2D eigenvalue weighted by Crippen LogP contribution is 2.10. The molecule has 0 heterocycles. The molecule has 0 aliphatic heterocycles. The molecule has 1 atom stereocenters. The van der Waals surface area contributed by atoms with E-state index in [1.807, 2.05) is 30.3 Å². The monoisotopic (exact) mass is 238 g/mol. The number of carbonyl (C=O) groups is 1. The fraction of sp³-hybridized carbons (Fsp3) is 0.417. The summed E-state index contributed by atoms with van der Waals surface area (Å²) in [5, 5.41) is 2.79. The van der Waals surface area contributed by atoms with Crippen LogP contribution >= 0.6 is 12.6 Å². The van der Waals surface area contributed by atoms with Gasteiger partial charge in [0.05, 0.1) is 5.92 Å². The number of nitrogens with two attached hydrogens (primary N) is 1. The number of nitrogens with one attached hydrogen (secondary N) is 1. The topological polar surface area (TPSA) is 55.1 Å². The maximum absolute atomic E-state index is 11.7. The average Bonchev–Trinajstić information content (AvgIpc) is 2.34. The molecular formula is C12H18N2OS. The molecule has 0 saturated carbocycles. The maximum Gasteiger partial charge on any atom is 0.224 e. The number of carbonyl (C=O) groups excluding carboxylic acids is 1. The summed E-state index contributed by atoms with van der Waals surface area (Å²) in [6.45, 7) is 0.994. The van der Waals surface area contributed by atoms with Gasteiger partial charge in [0.25, 0.3) is 0 Å². The second-order valence-corrected chi connectivity index (χ2v) is 4.01. The van der Waals surface area contributed by atoms with Gasteiger partial charge in [-0.2, -0.15) is 12.6 Å². The Labute approximate surface area is 102 Å². The van der Waals surface area contributed by atoms with Gasteiger partial charge in [0.2, 0.25) is 5.91 Å². The van der Waals surface area contributed by atoms with Crippen LogP contribution in [0.4, 0.5) is 0 Å². The van der Waals surface area contributed by atoms with E-state index in [0.717, 1.165) is 12.0 Å². The Bertz CT molecular complexity index is 316. The fourth-order valence-electron chi connectivity index (χ4n) is 1.48. The zero-order chi connectivity index (χ0) is 11.8. The molecule has 1 aromatic rings. The Morgan fingerprint density at radius 3 is 2.62 bits per heavy atom. The van der Waals surface area contributed by atoms with Crippen molar-refractivity contribution < 1.29 is 4.79 Å². The minimum absolute atomic E-state index is 0.0318. The largest absolute Gasteiger partial charge is 0.355 e. The van der Waals surface area contributed by atoms with Crippen LogP contribution in [0.1, 0.15) is 5.56 Å². The van der Waals surface area contributed by atoms with Crippen LogP contribution in [0.5, 0.6) is 0 Å². The molecule has 16 heavy (non-hydrogen) atoms. The molecule has 88 valence electrons. The molecule has 1 amide bonds. The van der Waals surface area contributed by atoms with Gasteiger partial charge >= 0.3 is 0 Å². The molecule has 0 spiro atoms. The van der Waals surface area contributed by atoms with E-state index in [1.54, 1.807) is 0 Å². The van der Waals surface area contributed by atoms with Gasteiger partial charge in [-0.05, 0) is 12.0 Å². The van der Waals surface area contributed by atoms with Gasteiger partial charge in [0, 0.05) is 18.8 Å². The summed E-state index contributed by atoms with van der Waals surface area (Å²) in [5.74, 6) is 0.493. The lowest BCUT2D eigenvalue weighted by Gasteiger charge is -2.14. The van der Waals surface area contributed by atoms with Crippen molar-refractivity contribution in [2.75, 3.05) is 18.8 Å². The number of thiol groups is 1. The number of benzene rings is 1. The van der Waals surface area contributed by atoms with Crippen LogP contribution in [0, 0.1) is 5.92 Å². The van der Waals surface area contributed by atoms with E-state index in [4.69, 9.17) is 5.73 Å². The smallest absolute Gasteiger partial charge is 0.224 e. The second kappa shape index (κ2) is 7.30. The molecule has 0 aromatic heterocycles. The third kappa shape index (κ3) is 4.24. The third-order valence-electron chi connectivity index (χ3n) is 2.36. The lowest BCUT2D eigenvalue weighted by Crippen LogP contribution is -2.36. The molecule has 1 aromatic carbocycles. The van der Waals surface area contributed by atoms with Gasteiger partial charge in [-0.3, -0.25) is 4.79 Å². The van der Waals surface area contributed by atoms with Crippen molar-refractivity contribution in [3.63, 3.8) is 0 Å². The van der Waals surface area contributed by atoms with Crippen LogP contribution in [0.2, 0.25) is 0 Å². The summed E-state index contributed by atoms with van der Waals surface area (Å²) in [5.41, 5.74) is 6.49. The van der Waals surface area contributed by atoms with Gasteiger partial charge in [-0.1, -0.05) is 30.3 Å². The highest BCUT2D eigenvalue weighted by molar-refractivity contribution is 7.80. The molecule has 0 aliphatic rings. The van der Waals surface area contributed by atoms with E-state index in [1.165, 1.54) is 0 Å². The van der Waals surface area contributed by atoms with Crippen LogP contribution in [-0.4, -0.2) is 24.7 Å². The van der Waals surface area contributed by atoms with Crippen molar-refractivity contribution >= 4 is 18.5 Å². The molecule has 1 rings (SSSR count). The van der Waals surface area contributed by atoms with Crippen molar-refractivity contribution in [3.8, 4) is 0 Å². The van der Waals surface area contributed by atoms with E-state index >= 15 is 0 Å². The molecule has 4 heteroatoms. The van der Waals surface area contributed by atoms with Gasteiger partial charge < -0.3 is 11.1 Å². The third-order valence-corrected chi connectivity index (χ3v) is 2.80. The summed E-state index contributed by atoms with van der Waals surface area (Å²) in [6, 6.07) is 9.96. The second-order valence-electron chi connectivity index (χ2n) is 3.65. The van der Waals surface area contributed by atoms with Crippen molar-refractivity contribution in [2.24, 2.45) is 11.7 Å². The number of rotatable bonds is 6. The van der Waals surface area contributed by atoms with Gasteiger partial charge in [-0.25, -0.2) is 0 Å². The van der Waals surface area contributed by atoms with E-state index in [2.05, 4.69) is 17.9 Å². The Morgan fingerprint density at radius 1 is 1.38 bits per heavy atom.